The highest BCUT2D eigenvalue weighted by molar-refractivity contribution is 7.99. The van der Waals surface area contributed by atoms with E-state index < -0.39 is 33.4 Å². The highest BCUT2D eigenvalue weighted by Gasteiger charge is 2.35. The number of aliphatic carboxylic acids is 1. The molecule has 0 bridgehead atoms. The number of aryl methyl sites for hydroxylation is 1. The topological polar surface area (TPSA) is 76.4 Å². The van der Waals surface area contributed by atoms with Gasteiger partial charge < -0.3 is 9.67 Å². The standard InChI is InChI=1S/C20H16ClF2NO4S2/c1-30(27,28)14-9-13(22)17(23)19-16(14)20(29-12-4-2-11(21)3-5-12)18-10(8-15(25)26)6-7-24(18)19/h2-5,9-10H,6-8H2,1H3,(H,25,26). The molecule has 10 heteroatoms. The van der Waals surface area contributed by atoms with Crippen LogP contribution < -0.4 is 0 Å². The van der Waals surface area contributed by atoms with Crippen LogP contribution in [0.2, 0.25) is 5.02 Å². The second kappa shape index (κ2) is 7.55. The molecule has 0 saturated carbocycles. The van der Waals surface area contributed by atoms with E-state index in [4.69, 9.17) is 11.6 Å². The number of hydrogen-bond acceptors (Lipinski definition) is 4. The summed E-state index contributed by atoms with van der Waals surface area (Å²) in [5.41, 5.74) is 0.372. The molecule has 1 N–H and O–H groups in total. The van der Waals surface area contributed by atoms with Gasteiger partial charge in [0.15, 0.2) is 21.5 Å². The molecule has 0 aliphatic carbocycles. The first kappa shape index (κ1) is 21.1. The number of nitrogens with zero attached hydrogens (tertiary/aromatic N) is 1. The van der Waals surface area contributed by atoms with Gasteiger partial charge in [-0.25, -0.2) is 17.2 Å². The van der Waals surface area contributed by atoms with Crippen molar-refractivity contribution in [1.82, 2.24) is 4.57 Å². The number of halogens is 3. The molecular weight excluding hydrogens is 456 g/mol. The first-order valence-corrected chi connectivity index (χ1v) is 12.1. The summed E-state index contributed by atoms with van der Waals surface area (Å²) in [6.45, 7) is 0.272. The fourth-order valence-corrected chi connectivity index (χ4v) is 6.20. The van der Waals surface area contributed by atoms with Crippen LogP contribution >= 0.6 is 23.4 Å². The lowest BCUT2D eigenvalue weighted by Gasteiger charge is -2.11. The maximum absolute atomic E-state index is 14.9. The third kappa shape index (κ3) is 3.59. The predicted molar refractivity (Wildman–Crippen MR) is 110 cm³/mol. The lowest BCUT2D eigenvalue weighted by molar-refractivity contribution is -0.137. The molecule has 1 atom stereocenters. The van der Waals surface area contributed by atoms with Gasteiger partial charge in [-0.05, 0) is 36.8 Å². The van der Waals surface area contributed by atoms with E-state index in [2.05, 4.69) is 0 Å². The molecule has 3 aromatic rings. The molecule has 4 rings (SSSR count). The van der Waals surface area contributed by atoms with Crippen molar-refractivity contribution in [2.45, 2.75) is 40.0 Å². The molecule has 2 heterocycles. The molecule has 5 nitrogen and oxygen atoms in total. The number of sulfone groups is 1. The van der Waals surface area contributed by atoms with Crippen molar-refractivity contribution >= 4 is 50.1 Å². The molecule has 1 unspecified atom stereocenters. The van der Waals surface area contributed by atoms with Gasteiger partial charge in [-0.3, -0.25) is 4.79 Å². The Morgan fingerprint density at radius 1 is 1.30 bits per heavy atom. The number of rotatable bonds is 5. The number of carbonyl (C=O) groups is 1. The second-order valence-electron chi connectivity index (χ2n) is 7.17. The molecule has 0 amide bonds. The van der Waals surface area contributed by atoms with Crippen LogP contribution in [0.15, 0.2) is 45.0 Å². The summed E-state index contributed by atoms with van der Waals surface area (Å²) in [5, 5.41) is 9.91. The summed E-state index contributed by atoms with van der Waals surface area (Å²) in [6.07, 6.45) is 1.19. The van der Waals surface area contributed by atoms with Crippen molar-refractivity contribution in [3.63, 3.8) is 0 Å². The molecule has 1 aromatic heterocycles. The number of hydrogen-bond donors (Lipinski definition) is 1. The number of carboxylic acid groups (broad SMARTS) is 1. The number of aromatic nitrogens is 1. The highest BCUT2D eigenvalue weighted by Crippen LogP contribution is 2.49. The molecule has 158 valence electrons. The zero-order chi connectivity index (χ0) is 21.8. The van der Waals surface area contributed by atoms with E-state index in [1.54, 1.807) is 24.3 Å². The van der Waals surface area contributed by atoms with E-state index in [1.165, 1.54) is 16.3 Å². The average Bonchev–Trinajstić information content (AvgIpc) is 3.18. The summed E-state index contributed by atoms with van der Waals surface area (Å²) in [6, 6.07) is 7.47. The number of carboxylic acids is 1. The molecule has 0 fully saturated rings. The van der Waals surface area contributed by atoms with Gasteiger partial charge in [0.25, 0.3) is 0 Å². The number of fused-ring (bicyclic) bond motifs is 3. The van der Waals surface area contributed by atoms with Gasteiger partial charge in [0.1, 0.15) is 0 Å². The van der Waals surface area contributed by atoms with Crippen molar-refractivity contribution < 1.29 is 27.1 Å². The SMILES string of the molecule is CS(=O)(=O)c1cc(F)c(F)c2c1c(Sc1ccc(Cl)cc1)c1n2CCC1CC(=O)O. The van der Waals surface area contributed by atoms with Gasteiger partial charge in [0.05, 0.1) is 16.8 Å². The van der Waals surface area contributed by atoms with E-state index in [0.29, 0.717) is 33.0 Å². The Morgan fingerprint density at radius 2 is 1.97 bits per heavy atom. The van der Waals surface area contributed by atoms with Crippen LogP contribution in [0.4, 0.5) is 8.78 Å². The Kier molecular flexibility index (Phi) is 5.32. The Balaban J connectivity index is 2.07. The summed E-state index contributed by atoms with van der Waals surface area (Å²) >= 11 is 7.12. The summed E-state index contributed by atoms with van der Waals surface area (Å²) in [4.78, 5) is 12.2. The average molecular weight is 472 g/mol. The zero-order valence-corrected chi connectivity index (χ0v) is 18.0. The second-order valence-corrected chi connectivity index (χ2v) is 10.7. The van der Waals surface area contributed by atoms with Crippen LogP contribution in [-0.4, -0.2) is 30.3 Å². The molecule has 30 heavy (non-hydrogen) atoms. The van der Waals surface area contributed by atoms with Gasteiger partial charge in [0.2, 0.25) is 0 Å². The maximum Gasteiger partial charge on any atom is 0.304 e. The minimum atomic E-state index is -3.89. The van der Waals surface area contributed by atoms with Crippen molar-refractivity contribution in [1.29, 1.82) is 0 Å². The van der Waals surface area contributed by atoms with Gasteiger partial charge in [0, 0.05) is 44.6 Å². The Labute approximate surface area is 180 Å². The zero-order valence-electron chi connectivity index (χ0n) is 15.7. The lowest BCUT2D eigenvalue weighted by atomic mass is 10.00. The van der Waals surface area contributed by atoms with Crippen LogP contribution in [0.3, 0.4) is 0 Å². The van der Waals surface area contributed by atoms with Crippen LogP contribution in [0.5, 0.6) is 0 Å². The van der Waals surface area contributed by atoms with Gasteiger partial charge >= 0.3 is 5.97 Å². The molecular formula is C20H16ClF2NO4S2. The van der Waals surface area contributed by atoms with Crippen molar-refractivity contribution in [3.8, 4) is 0 Å². The van der Waals surface area contributed by atoms with E-state index >= 15 is 0 Å². The van der Waals surface area contributed by atoms with Crippen molar-refractivity contribution in [2.24, 2.45) is 0 Å². The lowest BCUT2D eigenvalue weighted by Crippen LogP contribution is -2.04. The molecule has 2 aromatic carbocycles. The third-order valence-corrected chi connectivity index (χ3v) is 7.62. The maximum atomic E-state index is 14.9. The van der Waals surface area contributed by atoms with Crippen LogP contribution in [0.1, 0.15) is 24.5 Å². The summed E-state index contributed by atoms with van der Waals surface area (Å²) < 4.78 is 55.6. The predicted octanol–water partition coefficient (Wildman–Crippen LogP) is 5.09. The van der Waals surface area contributed by atoms with E-state index in [9.17, 15) is 27.1 Å². The molecule has 1 aliphatic heterocycles. The Morgan fingerprint density at radius 3 is 2.57 bits per heavy atom. The van der Waals surface area contributed by atoms with Crippen LogP contribution in [-0.2, 0) is 21.2 Å². The molecule has 0 spiro atoms. The van der Waals surface area contributed by atoms with E-state index in [1.807, 2.05) is 0 Å². The van der Waals surface area contributed by atoms with E-state index in [0.717, 1.165) is 6.26 Å². The molecule has 1 aliphatic rings. The summed E-state index contributed by atoms with van der Waals surface area (Å²) in [5.74, 6) is -3.86. The smallest absolute Gasteiger partial charge is 0.304 e. The molecule has 0 radical (unpaired) electrons. The third-order valence-electron chi connectivity index (χ3n) is 5.12. The van der Waals surface area contributed by atoms with Crippen LogP contribution in [0, 0.1) is 11.6 Å². The van der Waals surface area contributed by atoms with Crippen LogP contribution in [0.25, 0.3) is 10.9 Å². The van der Waals surface area contributed by atoms with E-state index in [-0.39, 0.29) is 28.8 Å². The minimum Gasteiger partial charge on any atom is -0.481 e. The fraction of sp³-hybridized carbons (Fsp3) is 0.250. The monoisotopic (exact) mass is 471 g/mol. The van der Waals surface area contributed by atoms with Gasteiger partial charge in [-0.1, -0.05) is 23.4 Å². The minimum absolute atomic E-state index is 0.0847. The largest absolute Gasteiger partial charge is 0.481 e. The quantitative estimate of drug-likeness (QED) is 0.524. The first-order valence-electron chi connectivity index (χ1n) is 8.97. The number of benzene rings is 2. The fourth-order valence-electron chi connectivity index (χ4n) is 3.92. The molecule has 0 saturated heterocycles. The summed E-state index contributed by atoms with van der Waals surface area (Å²) in [7, 11) is -3.89. The van der Waals surface area contributed by atoms with Gasteiger partial charge in [-0.2, -0.15) is 0 Å². The highest BCUT2D eigenvalue weighted by atomic mass is 35.5. The Hall–Kier alpha value is -2.10. The first-order chi connectivity index (χ1) is 14.1. The van der Waals surface area contributed by atoms with Crippen molar-refractivity contribution in [3.05, 3.63) is 52.7 Å². The van der Waals surface area contributed by atoms with Gasteiger partial charge in [-0.15, -0.1) is 0 Å². The normalized spacial score (nSPS) is 16.2. The Bertz CT molecular complexity index is 1290. The van der Waals surface area contributed by atoms with Crippen molar-refractivity contribution in [2.75, 3.05) is 6.26 Å².